The van der Waals surface area contributed by atoms with Gasteiger partial charge in [0, 0.05) is 35.2 Å². The van der Waals surface area contributed by atoms with Crippen LogP contribution in [0.15, 0.2) is 67.1 Å². The number of nitrogens with one attached hydrogen (secondary N) is 3. The zero-order valence-electron chi connectivity index (χ0n) is 23.4. The highest BCUT2D eigenvalue weighted by atomic mass is 19.1. The van der Waals surface area contributed by atoms with Crippen LogP contribution in [0.4, 0.5) is 20.2 Å². The third kappa shape index (κ3) is 9.21. The first-order valence-electron chi connectivity index (χ1n) is 13.2. The topological polar surface area (TPSA) is 110 Å². The van der Waals surface area contributed by atoms with Gasteiger partial charge in [-0.3, -0.25) is 9.59 Å². The van der Waals surface area contributed by atoms with Crippen LogP contribution in [0.25, 0.3) is 11.6 Å². The molecule has 11 heteroatoms. The van der Waals surface area contributed by atoms with Crippen molar-refractivity contribution in [3.63, 3.8) is 0 Å². The predicted molar refractivity (Wildman–Crippen MR) is 156 cm³/mol. The molecule has 9 nitrogen and oxygen atoms in total. The number of carbonyl (C=O) groups excluding carboxylic acids is 2. The van der Waals surface area contributed by atoms with Gasteiger partial charge >= 0.3 is 0 Å². The van der Waals surface area contributed by atoms with Gasteiger partial charge in [-0.1, -0.05) is 26.0 Å². The van der Waals surface area contributed by atoms with Crippen molar-refractivity contribution in [2.24, 2.45) is 0 Å². The number of benzene rings is 2. The second-order valence-corrected chi connectivity index (χ2v) is 9.07. The van der Waals surface area contributed by atoms with Gasteiger partial charge in [0.05, 0.1) is 0 Å². The van der Waals surface area contributed by atoms with E-state index in [1.54, 1.807) is 10.7 Å². The van der Waals surface area contributed by atoms with E-state index in [0.717, 1.165) is 18.1 Å². The molecule has 0 spiro atoms. The molecule has 2 amide bonds. The molecule has 0 fully saturated rings. The lowest BCUT2D eigenvalue weighted by Crippen LogP contribution is -2.21. The van der Waals surface area contributed by atoms with E-state index in [-0.39, 0.29) is 17.3 Å². The summed E-state index contributed by atoms with van der Waals surface area (Å²) < 4.78 is 35.0. The largest absolute Gasteiger partial charge is 0.434 e. The Kier molecular flexibility index (Phi) is 11.5. The SMILES string of the molecule is CC/C=C/c1ccn2ncnc(Oc3ccc(NC(=O)CC(=O)Nc4ccc(F)cc4)cc3F)c12.CCC(C)NC. The molecule has 3 N–H and O–H groups in total. The molecule has 0 radical (unpaired) electrons. The summed E-state index contributed by atoms with van der Waals surface area (Å²) in [6.45, 7) is 6.34. The lowest BCUT2D eigenvalue weighted by molar-refractivity contribution is -0.123. The zero-order valence-corrected chi connectivity index (χ0v) is 23.4. The molecule has 0 aliphatic heterocycles. The molecule has 0 saturated heterocycles. The summed E-state index contributed by atoms with van der Waals surface area (Å²) in [6.07, 6.45) is 8.50. The van der Waals surface area contributed by atoms with Crippen molar-refractivity contribution in [2.45, 2.75) is 46.1 Å². The Balaban J connectivity index is 0.000000696. The fourth-order valence-corrected chi connectivity index (χ4v) is 3.46. The quantitative estimate of drug-likeness (QED) is 0.198. The molecule has 41 heavy (non-hydrogen) atoms. The molecule has 1 atom stereocenters. The zero-order chi connectivity index (χ0) is 29.8. The summed E-state index contributed by atoms with van der Waals surface area (Å²) in [6, 6.07) is 11.6. The number of anilines is 2. The van der Waals surface area contributed by atoms with Gasteiger partial charge in [-0.25, -0.2) is 13.3 Å². The molecule has 0 aliphatic rings. The van der Waals surface area contributed by atoms with Crippen molar-refractivity contribution in [3.05, 3.63) is 84.3 Å². The van der Waals surface area contributed by atoms with Gasteiger partial charge < -0.3 is 20.7 Å². The third-order valence-electron chi connectivity index (χ3n) is 5.96. The number of halogens is 2. The van der Waals surface area contributed by atoms with Crippen molar-refractivity contribution in [1.29, 1.82) is 0 Å². The highest BCUT2D eigenvalue weighted by molar-refractivity contribution is 6.08. The summed E-state index contributed by atoms with van der Waals surface area (Å²) in [7, 11) is 1.98. The highest BCUT2D eigenvalue weighted by Crippen LogP contribution is 2.30. The third-order valence-corrected chi connectivity index (χ3v) is 5.96. The van der Waals surface area contributed by atoms with Crippen molar-refractivity contribution < 1.29 is 23.1 Å². The Hall–Kier alpha value is -4.64. The Bertz CT molecular complexity index is 1480. The van der Waals surface area contributed by atoms with E-state index in [9.17, 15) is 18.4 Å². The monoisotopic (exact) mass is 564 g/mol. The first kappa shape index (κ1) is 30.9. The Labute approximate surface area is 237 Å². The number of amides is 2. The first-order chi connectivity index (χ1) is 19.7. The van der Waals surface area contributed by atoms with Crippen molar-refractivity contribution in [3.8, 4) is 11.6 Å². The van der Waals surface area contributed by atoms with E-state index in [0.29, 0.717) is 17.2 Å². The van der Waals surface area contributed by atoms with Crippen LogP contribution in [0.1, 0.15) is 45.6 Å². The summed E-state index contributed by atoms with van der Waals surface area (Å²) in [5, 5.41) is 12.2. The van der Waals surface area contributed by atoms with E-state index in [1.165, 1.54) is 49.1 Å². The maximum absolute atomic E-state index is 14.7. The van der Waals surface area contributed by atoms with E-state index < -0.39 is 29.9 Å². The normalized spacial score (nSPS) is 11.6. The minimum atomic E-state index is -0.729. The number of carbonyl (C=O) groups is 2. The standard InChI is InChI=1S/C25H21F2N5O3.C5H13N/c1-2-3-4-16-11-12-32-24(16)25(28-15-29-32)35-21-10-9-19(13-20(21)27)31-23(34)14-22(33)30-18-7-5-17(26)6-8-18;1-4-5(2)6-3/h3-13,15H,2,14H2,1H3,(H,30,33)(H,31,34);5-6H,4H2,1-3H3/b4-3+;. The second-order valence-electron chi connectivity index (χ2n) is 9.07. The molecular formula is C30H34F2N6O3. The molecular weight excluding hydrogens is 530 g/mol. The summed E-state index contributed by atoms with van der Waals surface area (Å²) in [4.78, 5) is 28.3. The van der Waals surface area contributed by atoms with Crippen LogP contribution >= 0.6 is 0 Å². The lowest BCUT2D eigenvalue weighted by Gasteiger charge is -2.10. The molecule has 4 aromatic rings. The van der Waals surface area contributed by atoms with E-state index >= 15 is 0 Å². The number of hydrogen-bond donors (Lipinski definition) is 3. The van der Waals surface area contributed by atoms with Crippen LogP contribution in [0.5, 0.6) is 11.6 Å². The maximum Gasteiger partial charge on any atom is 0.247 e. The molecule has 2 aromatic heterocycles. The first-order valence-corrected chi connectivity index (χ1v) is 13.2. The lowest BCUT2D eigenvalue weighted by atomic mass is 10.2. The number of aromatic nitrogens is 3. The smallest absolute Gasteiger partial charge is 0.247 e. The van der Waals surface area contributed by atoms with Gasteiger partial charge in [0.25, 0.3) is 0 Å². The van der Waals surface area contributed by atoms with Crippen molar-refractivity contribution in [2.75, 3.05) is 17.7 Å². The summed E-state index contributed by atoms with van der Waals surface area (Å²) >= 11 is 0. The minimum Gasteiger partial charge on any atom is -0.434 e. The van der Waals surface area contributed by atoms with E-state index in [4.69, 9.17) is 4.74 Å². The average Bonchev–Trinajstić information content (AvgIpc) is 3.38. The van der Waals surface area contributed by atoms with Crippen molar-refractivity contribution in [1.82, 2.24) is 19.9 Å². The summed E-state index contributed by atoms with van der Waals surface area (Å²) in [5.41, 5.74) is 1.91. The van der Waals surface area contributed by atoms with Gasteiger partial charge in [-0.05, 0) is 69.3 Å². The molecule has 0 bridgehead atoms. The highest BCUT2D eigenvalue weighted by Gasteiger charge is 2.15. The Morgan fingerprint density at radius 3 is 2.32 bits per heavy atom. The van der Waals surface area contributed by atoms with Crippen LogP contribution in [0.2, 0.25) is 0 Å². The van der Waals surface area contributed by atoms with E-state index in [1.807, 2.05) is 32.2 Å². The molecule has 1 unspecified atom stereocenters. The minimum absolute atomic E-state index is 0.0933. The summed E-state index contributed by atoms with van der Waals surface area (Å²) in [5.74, 6) is -2.33. The van der Waals surface area contributed by atoms with Crippen molar-refractivity contribution >= 4 is 34.8 Å². The maximum atomic E-state index is 14.7. The number of nitrogens with zero attached hydrogens (tertiary/aromatic N) is 3. The van der Waals surface area contributed by atoms with Crippen LogP contribution < -0.4 is 20.7 Å². The molecule has 2 aromatic carbocycles. The molecule has 216 valence electrons. The molecule has 0 aliphatic carbocycles. The van der Waals surface area contributed by atoms with Gasteiger partial charge in [-0.2, -0.15) is 10.1 Å². The fourth-order valence-electron chi connectivity index (χ4n) is 3.46. The number of rotatable bonds is 10. The van der Waals surface area contributed by atoms with Gasteiger partial charge in [-0.15, -0.1) is 0 Å². The average molecular weight is 565 g/mol. The number of hydrogen-bond acceptors (Lipinski definition) is 6. The van der Waals surface area contributed by atoms with Crippen LogP contribution in [-0.2, 0) is 9.59 Å². The molecule has 2 heterocycles. The second kappa shape index (κ2) is 15.2. The molecule has 4 rings (SSSR count). The van der Waals surface area contributed by atoms with Crippen LogP contribution in [0, 0.1) is 11.6 Å². The number of ether oxygens (including phenoxy) is 1. The number of fused-ring (bicyclic) bond motifs is 1. The molecule has 0 saturated carbocycles. The van der Waals surface area contributed by atoms with Crippen LogP contribution in [-0.4, -0.2) is 39.5 Å². The van der Waals surface area contributed by atoms with Gasteiger partial charge in [0.2, 0.25) is 17.7 Å². The van der Waals surface area contributed by atoms with Gasteiger partial charge in [0.15, 0.2) is 11.6 Å². The fraction of sp³-hybridized carbons (Fsp3) is 0.267. The van der Waals surface area contributed by atoms with Gasteiger partial charge in [0.1, 0.15) is 24.1 Å². The number of allylic oxidation sites excluding steroid dienone is 1. The van der Waals surface area contributed by atoms with Crippen LogP contribution in [0.3, 0.4) is 0 Å². The Morgan fingerprint density at radius 1 is 1.02 bits per heavy atom. The predicted octanol–water partition coefficient (Wildman–Crippen LogP) is 6.19. The Morgan fingerprint density at radius 2 is 1.71 bits per heavy atom. The van der Waals surface area contributed by atoms with E-state index in [2.05, 4.69) is 39.9 Å².